The average molecular weight is 470 g/mol. The Bertz CT molecular complexity index is 1350. The minimum atomic E-state index is -3.57. The fourth-order valence-corrected chi connectivity index (χ4v) is 4.98. The highest BCUT2D eigenvalue weighted by molar-refractivity contribution is 7.91. The van der Waals surface area contributed by atoms with Crippen molar-refractivity contribution in [3.63, 3.8) is 0 Å². The van der Waals surface area contributed by atoms with Gasteiger partial charge in [-0.1, -0.05) is 13.0 Å². The van der Waals surface area contributed by atoms with Crippen molar-refractivity contribution in [2.24, 2.45) is 0 Å². The molecule has 0 aliphatic rings. The van der Waals surface area contributed by atoms with Crippen molar-refractivity contribution in [1.82, 2.24) is 13.9 Å². The minimum Gasteiger partial charge on any atom is -0.318 e. The second-order valence-electron chi connectivity index (χ2n) is 7.42. The first-order chi connectivity index (χ1) is 15.1. The van der Waals surface area contributed by atoms with Crippen LogP contribution in [0.4, 0.5) is 5.13 Å². The molecule has 0 fully saturated rings. The highest BCUT2D eigenvalue weighted by Gasteiger charge is 2.20. The molecule has 0 bridgehead atoms. The van der Waals surface area contributed by atoms with Crippen LogP contribution in [0.5, 0.6) is 0 Å². The van der Waals surface area contributed by atoms with Crippen LogP contribution in [0.1, 0.15) is 35.0 Å². The van der Waals surface area contributed by atoms with Gasteiger partial charge in [-0.05, 0) is 68.7 Å². The summed E-state index contributed by atoms with van der Waals surface area (Å²) < 4.78 is 29.6. The van der Waals surface area contributed by atoms with Gasteiger partial charge in [0.1, 0.15) is 11.6 Å². The molecule has 8 nitrogen and oxygen atoms in total. The molecule has 0 radical (unpaired) electrons. The van der Waals surface area contributed by atoms with Crippen molar-refractivity contribution >= 4 is 38.5 Å². The van der Waals surface area contributed by atoms with Crippen LogP contribution < -0.4 is 5.32 Å². The molecule has 32 heavy (non-hydrogen) atoms. The lowest BCUT2D eigenvalue weighted by Gasteiger charge is -2.12. The van der Waals surface area contributed by atoms with E-state index in [0.717, 1.165) is 45.3 Å². The maximum atomic E-state index is 12.6. The van der Waals surface area contributed by atoms with Gasteiger partial charge in [-0.3, -0.25) is 10.1 Å². The van der Waals surface area contributed by atoms with Crippen molar-refractivity contribution in [3.8, 4) is 11.8 Å². The summed E-state index contributed by atoms with van der Waals surface area (Å²) in [6.45, 7) is 9.45. The van der Waals surface area contributed by atoms with Crippen LogP contribution in [0.3, 0.4) is 0 Å². The first-order valence-corrected chi connectivity index (χ1v) is 12.3. The number of anilines is 1. The molecular formula is C22H23N5O3S2. The zero-order valence-corrected chi connectivity index (χ0v) is 20.1. The topological polar surface area (TPSA) is 118 Å². The van der Waals surface area contributed by atoms with Gasteiger partial charge >= 0.3 is 0 Å². The van der Waals surface area contributed by atoms with E-state index in [-0.39, 0.29) is 21.6 Å². The summed E-state index contributed by atoms with van der Waals surface area (Å²) in [5.41, 5.74) is 5.76. The van der Waals surface area contributed by atoms with Gasteiger partial charge in [0.25, 0.3) is 11.1 Å². The van der Waals surface area contributed by atoms with Crippen LogP contribution in [0.2, 0.25) is 0 Å². The molecule has 2 heterocycles. The Morgan fingerprint density at radius 1 is 1.19 bits per heavy atom. The van der Waals surface area contributed by atoms with E-state index in [2.05, 4.69) is 37.4 Å². The van der Waals surface area contributed by atoms with Crippen LogP contribution in [-0.2, 0) is 14.6 Å². The Kier molecular flexibility index (Phi) is 6.62. The number of carbonyl (C=O) groups is 1. The molecule has 1 aromatic carbocycles. The first kappa shape index (κ1) is 23.4. The average Bonchev–Trinajstić information content (AvgIpc) is 3.29. The van der Waals surface area contributed by atoms with E-state index in [9.17, 15) is 18.5 Å². The lowest BCUT2D eigenvalue weighted by molar-refractivity contribution is -0.112. The number of benzene rings is 1. The normalized spacial score (nSPS) is 11.9. The number of rotatable bonds is 6. The molecule has 0 aliphatic heterocycles. The van der Waals surface area contributed by atoms with E-state index in [0.29, 0.717) is 0 Å². The van der Waals surface area contributed by atoms with E-state index in [1.807, 2.05) is 39.8 Å². The first-order valence-electron chi connectivity index (χ1n) is 9.83. The minimum absolute atomic E-state index is 0.0175. The second-order valence-corrected chi connectivity index (χ2v) is 10.3. The Balaban J connectivity index is 1.92. The standard InChI is InChI=1S/C22H23N5O3S2/c1-6-32(29,30)22-25-21(31-26-22)24-20(28)18(12-23)11-17-10-15(4)27(16(17)5)19-8-13(2)7-14(3)9-19/h7-11H,6H2,1-5H3,(H,24,25,26,28)/b18-11-. The number of aromatic nitrogens is 3. The Labute approximate surface area is 191 Å². The number of hydrogen-bond acceptors (Lipinski definition) is 7. The van der Waals surface area contributed by atoms with Gasteiger partial charge < -0.3 is 4.57 Å². The number of hydrogen-bond donors (Lipinski definition) is 1. The molecule has 1 N–H and O–H groups in total. The number of nitrogens with zero attached hydrogens (tertiary/aromatic N) is 4. The largest absolute Gasteiger partial charge is 0.318 e. The Morgan fingerprint density at radius 2 is 1.84 bits per heavy atom. The summed E-state index contributed by atoms with van der Waals surface area (Å²) in [4.78, 5) is 16.5. The summed E-state index contributed by atoms with van der Waals surface area (Å²) in [6, 6.07) is 10.1. The molecular weight excluding hydrogens is 446 g/mol. The van der Waals surface area contributed by atoms with Crippen molar-refractivity contribution in [2.45, 2.75) is 39.8 Å². The van der Waals surface area contributed by atoms with Gasteiger partial charge in [0, 0.05) is 28.6 Å². The summed E-state index contributed by atoms with van der Waals surface area (Å²) in [7, 11) is -3.57. The molecule has 1 amide bonds. The fraction of sp³-hybridized carbons (Fsp3) is 0.273. The number of nitrogens with one attached hydrogen (secondary N) is 1. The summed E-state index contributed by atoms with van der Waals surface area (Å²) >= 11 is 0.751. The van der Waals surface area contributed by atoms with Crippen LogP contribution in [0.15, 0.2) is 35.0 Å². The molecule has 0 aliphatic carbocycles. The molecule has 10 heteroatoms. The van der Waals surface area contributed by atoms with Gasteiger partial charge in [-0.25, -0.2) is 8.42 Å². The SMILES string of the molecule is CCS(=O)(=O)c1nsc(NC(=O)/C(C#N)=C\c2cc(C)n(-c3cc(C)cc(C)c3)c2C)n1. The van der Waals surface area contributed by atoms with Crippen LogP contribution in [0, 0.1) is 39.0 Å². The van der Waals surface area contributed by atoms with Crippen molar-refractivity contribution in [3.05, 3.63) is 57.9 Å². The predicted molar refractivity (Wildman–Crippen MR) is 125 cm³/mol. The smallest absolute Gasteiger partial charge is 0.268 e. The van der Waals surface area contributed by atoms with Gasteiger partial charge in [-0.15, -0.1) is 0 Å². The lowest BCUT2D eigenvalue weighted by Crippen LogP contribution is -2.14. The van der Waals surface area contributed by atoms with E-state index in [1.165, 1.54) is 13.0 Å². The predicted octanol–water partition coefficient (Wildman–Crippen LogP) is 3.90. The van der Waals surface area contributed by atoms with E-state index in [1.54, 1.807) is 0 Å². The summed E-state index contributed by atoms with van der Waals surface area (Å²) in [6.07, 6.45) is 1.52. The third-order valence-electron chi connectivity index (χ3n) is 4.89. The molecule has 0 spiro atoms. The fourth-order valence-electron chi connectivity index (χ4n) is 3.40. The van der Waals surface area contributed by atoms with Gasteiger partial charge in [-0.2, -0.15) is 14.6 Å². The molecule has 3 rings (SSSR count). The lowest BCUT2D eigenvalue weighted by atomic mass is 10.1. The molecule has 2 aromatic heterocycles. The van der Waals surface area contributed by atoms with Crippen LogP contribution >= 0.6 is 11.5 Å². The zero-order valence-electron chi connectivity index (χ0n) is 18.4. The second kappa shape index (κ2) is 9.06. The van der Waals surface area contributed by atoms with Gasteiger partial charge in [0.05, 0.1) is 5.75 Å². The number of nitriles is 1. The summed E-state index contributed by atoms with van der Waals surface area (Å²) in [5.74, 6) is -0.823. The highest BCUT2D eigenvalue weighted by Crippen LogP contribution is 2.25. The summed E-state index contributed by atoms with van der Waals surface area (Å²) in [5, 5.41) is 11.7. The van der Waals surface area contributed by atoms with E-state index < -0.39 is 15.7 Å². The number of carbonyl (C=O) groups excluding carboxylic acids is 1. The quantitative estimate of drug-likeness (QED) is 0.432. The maximum Gasteiger partial charge on any atom is 0.268 e. The monoisotopic (exact) mass is 469 g/mol. The third-order valence-corrected chi connectivity index (χ3v) is 7.13. The maximum absolute atomic E-state index is 12.6. The molecule has 0 saturated carbocycles. The van der Waals surface area contributed by atoms with Crippen LogP contribution in [-0.4, -0.2) is 34.0 Å². The number of aryl methyl sites for hydroxylation is 3. The Morgan fingerprint density at radius 3 is 2.44 bits per heavy atom. The molecule has 0 atom stereocenters. The molecule has 0 saturated heterocycles. The molecule has 3 aromatic rings. The molecule has 0 unspecified atom stereocenters. The Hall–Kier alpha value is -3.29. The zero-order chi connectivity index (χ0) is 23.6. The van der Waals surface area contributed by atoms with Crippen molar-refractivity contribution in [2.75, 3.05) is 11.1 Å². The van der Waals surface area contributed by atoms with Gasteiger partial charge in [0.2, 0.25) is 15.0 Å². The highest BCUT2D eigenvalue weighted by atomic mass is 32.2. The van der Waals surface area contributed by atoms with E-state index >= 15 is 0 Å². The number of amides is 1. The molecule has 166 valence electrons. The van der Waals surface area contributed by atoms with Gasteiger partial charge in [0.15, 0.2) is 0 Å². The van der Waals surface area contributed by atoms with Crippen molar-refractivity contribution in [1.29, 1.82) is 5.26 Å². The van der Waals surface area contributed by atoms with Crippen molar-refractivity contribution < 1.29 is 13.2 Å². The van der Waals surface area contributed by atoms with E-state index in [4.69, 9.17) is 0 Å². The number of sulfone groups is 1. The van der Waals surface area contributed by atoms with Crippen LogP contribution in [0.25, 0.3) is 11.8 Å². The third kappa shape index (κ3) is 4.79.